The van der Waals surface area contributed by atoms with Crippen molar-refractivity contribution in [1.82, 2.24) is 9.97 Å². The highest BCUT2D eigenvalue weighted by molar-refractivity contribution is 14.1. The Bertz CT molecular complexity index is 397. The molecule has 1 unspecified atom stereocenters. The van der Waals surface area contributed by atoms with E-state index in [0.717, 1.165) is 9.13 Å². The van der Waals surface area contributed by atoms with Crippen LogP contribution in [0.15, 0.2) is 36.8 Å². The number of hydrogen-bond acceptors (Lipinski definition) is 2. The molecule has 3 nitrogen and oxygen atoms in total. The number of hydrogen-bond donors (Lipinski definition) is 2. The predicted octanol–water partition coefficient (Wildman–Crippen LogP) is 2.10. The molecule has 0 fully saturated rings. The van der Waals surface area contributed by atoms with E-state index < -0.39 is 6.10 Å². The molecule has 0 radical (unpaired) electrons. The monoisotopic (exact) mass is 300 g/mol. The summed E-state index contributed by atoms with van der Waals surface area (Å²) in [5.41, 5.74) is 1.58. The fraction of sp³-hybridized carbons (Fsp3) is 0.100. The topological polar surface area (TPSA) is 48.9 Å². The SMILES string of the molecule is OC(c1ccc(I)cc1)c1cnc[nH]1. The summed E-state index contributed by atoms with van der Waals surface area (Å²) in [6, 6.07) is 7.76. The van der Waals surface area contributed by atoms with E-state index >= 15 is 0 Å². The number of aliphatic hydroxyl groups is 1. The zero-order valence-electron chi connectivity index (χ0n) is 7.31. The summed E-state index contributed by atoms with van der Waals surface area (Å²) in [5, 5.41) is 9.90. The van der Waals surface area contributed by atoms with E-state index in [2.05, 4.69) is 32.6 Å². The van der Waals surface area contributed by atoms with Crippen LogP contribution < -0.4 is 0 Å². The highest BCUT2D eigenvalue weighted by atomic mass is 127. The zero-order valence-corrected chi connectivity index (χ0v) is 9.47. The molecule has 1 heterocycles. The van der Waals surface area contributed by atoms with Crippen LogP contribution in [0.3, 0.4) is 0 Å². The van der Waals surface area contributed by atoms with E-state index in [0.29, 0.717) is 5.69 Å². The number of rotatable bonds is 2. The van der Waals surface area contributed by atoms with Crippen LogP contribution in [0.5, 0.6) is 0 Å². The van der Waals surface area contributed by atoms with Crippen molar-refractivity contribution in [3.8, 4) is 0 Å². The molecule has 0 aliphatic heterocycles. The third-order valence-electron chi connectivity index (χ3n) is 2.00. The number of H-pyrrole nitrogens is 1. The van der Waals surface area contributed by atoms with Crippen molar-refractivity contribution >= 4 is 22.6 Å². The molecule has 1 aromatic carbocycles. The maximum Gasteiger partial charge on any atom is 0.120 e. The van der Waals surface area contributed by atoms with Gasteiger partial charge in [-0.15, -0.1) is 0 Å². The van der Waals surface area contributed by atoms with Crippen molar-refractivity contribution < 1.29 is 5.11 Å². The number of benzene rings is 1. The highest BCUT2D eigenvalue weighted by Crippen LogP contribution is 2.20. The molecule has 1 aromatic heterocycles. The first-order valence-corrected chi connectivity index (χ1v) is 5.27. The first kappa shape index (κ1) is 9.67. The first-order valence-electron chi connectivity index (χ1n) is 4.19. The largest absolute Gasteiger partial charge is 0.382 e. The summed E-state index contributed by atoms with van der Waals surface area (Å²) in [7, 11) is 0. The molecule has 2 aromatic rings. The van der Waals surface area contributed by atoms with Gasteiger partial charge in [-0.2, -0.15) is 0 Å². The van der Waals surface area contributed by atoms with E-state index in [9.17, 15) is 5.11 Å². The van der Waals surface area contributed by atoms with E-state index in [1.54, 1.807) is 12.5 Å². The van der Waals surface area contributed by atoms with Gasteiger partial charge in [0.2, 0.25) is 0 Å². The van der Waals surface area contributed by atoms with Crippen LogP contribution in [0.4, 0.5) is 0 Å². The molecule has 1 atom stereocenters. The van der Waals surface area contributed by atoms with Gasteiger partial charge >= 0.3 is 0 Å². The summed E-state index contributed by atoms with van der Waals surface area (Å²) in [6.45, 7) is 0. The van der Waals surface area contributed by atoms with Gasteiger partial charge in [-0.05, 0) is 40.3 Å². The standard InChI is InChI=1S/C10H9IN2O/c11-8-3-1-7(2-4-8)10(14)9-5-12-6-13-9/h1-6,10,14H,(H,12,13). The average Bonchev–Trinajstić information content (AvgIpc) is 2.71. The van der Waals surface area contributed by atoms with Crippen molar-refractivity contribution in [3.63, 3.8) is 0 Å². The summed E-state index contributed by atoms with van der Waals surface area (Å²) in [6.07, 6.45) is 2.57. The summed E-state index contributed by atoms with van der Waals surface area (Å²) in [5.74, 6) is 0. The van der Waals surface area contributed by atoms with Crippen LogP contribution >= 0.6 is 22.6 Å². The quantitative estimate of drug-likeness (QED) is 0.834. The molecule has 2 rings (SSSR count). The fourth-order valence-electron chi connectivity index (χ4n) is 1.24. The lowest BCUT2D eigenvalue weighted by molar-refractivity contribution is 0.216. The Morgan fingerprint density at radius 3 is 2.57 bits per heavy atom. The number of aliphatic hydroxyl groups excluding tert-OH is 1. The van der Waals surface area contributed by atoms with Crippen LogP contribution in [0.25, 0.3) is 0 Å². The number of aromatic amines is 1. The molecule has 0 spiro atoms. The van der Waals surface area contributed by atoms with E-state index in [1.807, 2.05) is 24.3 Å². The molecular formula is C10H9IN2O. The molecule has 0 aliphatic carbocycles. The van der Waals surface area contributed by atoms with Crippen LogP contribution in [0.2, 0.25) is 0 Å². The minimum atomic E-state index is -0.616. The Hall–Kier alpha value is -0.880. The van der Waals surface area contributed by atoms with Crippen LogP contribution in [0, 0.1) is 3.57 Å². The van der Waals surface area contributed by atoms with E-state index in [4.69, 9.17) is 0 Å². The van der Waals surface area contributed by atoms with Crippen LogP contribution in [0.1, 0.15) is 17.4 Å². The predicted molar refractivity (Wildman–Crippen MR) is 61.8 cm³/mol. The van der Waals surface area contributed by atoms with Gasteiger partial charge in [0.05, 0.1) is 18.2 Å². The molecular weight excluding hydrogens is 291 g/mol. The Balaban J connectivity index is 2.28. The highest BCUT2D eigenvalue weighted by Gasteiger charge is 2.10. The van der Waals surface area contributed by atoms with Crippen molar-refractivity contribution in [2.24, 2.45) is 0 Å². The van der Waals surface area contributed by atoms with Crippen molar-refractivity contribution in [1.29, 1.82) is 0 Å². The molecule has 0 amide bonds. The molecule has 0 saturated heterocycles. The maximum absolute atomic E-state index is 9.90. The van der Waals surface area contributed by atoms with Gasteiger partial charge in [0.1, 0.15) is 6.10 Å². The lowest BCUT2D eigenvalue weighted by Crippen LogP contribution is -1.99. The van der Waals surface area contributed by atoms with Crippen LogP contribution in [-0.2, 0) is 0 Å². The lowest BCUT2D eigenvalue weighted by Gasteiger charge is -2.08. The maximum atomic E-state index is 9.90. The number of nitrogens with one attached hydrogen (secondary N) is 1. The molecule has 14 heavy (non-hydrogen) atoms. The van der Waals surface area contributed by atoms with Crippen molar-refractivity contribution in [2.45, 2.75) is 6.10 Å². The summed E-state index contributed by atoms with van der Waals surface area (Å²) >= 11 is 2.23. The second-order valence-electron chi connectivity index (χ2n) is 2.96. The molecule has 0 saturated carbocycles. The van der Waals surface area contributed by atoms with E-state index in [1.165, 1.54) is 0 Å². The molecule has 0 aliphatic rings. The third-order valence-corrected chi connectivity index (χ3v) is 2.72. The Morgan fingerprint density at radius 1 is 1.29 bits per heavy atom. The first-order chi connectivity index (χ1) is 6.77. The van der Waals surface area contributed by atoms with Gasteiger partial charge in [-0.25, -0.2) is 4.98 Å². The summed E-state index contributed by atoms with van der Waals surface area (Å²) < 4.78 is 1.16. The second-order valence-corrected chi connectivity index (χ2v) is 4.21. The van der Waals surface area contributed by atoms with Crippen molar-refractivity contribution in [3.05, 3.63) is 51.6 Å². The van der Waals surface area contributed by atoms with Gasteiger partial charge in [0.25, 0.3) is 0 Å². The fourth-order valence-corrected chi connectivity index (χ4v) is 1.60. The average molecular weight is 300 g/mol. The molecule has 0 bridgehead atoms. The second kappa shape index (κ2) is 4.10. The number of imidazole rings is 1. The van der Waals surface area contributed by atoms with Crippen LogP contribution in [-0.4, -0.2) is 15.1 Å². The molecule has 2 N–H and O–H groups in total. The third kappa shape index (κ3) is 1.96. The minimum Gasteiger partial charge on any atom is -0.382 e. The molecule has 72 valence electrons. The Morgan fingerprint density at radius 2 is 2.00 bits per heavy atom. The lowest BCUT2D eigenvalue weighted by atomic mass is 10.1. The smallest absolute Gasteiger partial charge is 0.120 e. The van der Waals surface area contributed by atoms with Gasteiger partial charge in [-0.1, -0.05) is 12.1 Å². The normalized spacial score (nSPS) is 12.7. The minimum absolute atomic E-state index is 0.616. The Kier molecular flexibility index (Phi) is 2.83. The number of nitrogens with zero attached hydrogens (tertiary/aromatic N) is 1. The van der Waals surface area contributed by atoms with Gasteiger partial charge < -0.3 is 10.1 Å². The van der Waals surface area contributed by atoms with Gasteiger partial charge in [0, 0.05) is 3.57 Å². The number of halogens is 1. The Labute approximate surface area is 95.3 Å². The zero-order chi connectivity index (χ0) is 9.97. The molecule has 4 heteroatoms. The number of aromatic nitrogens is 2. The van der Waals surface area contributed by atoms with Gasteiger partial charge in [-0.3, -0.25) is 0 Å². The van der Waals surface area contributed by atoms with E-state index in [-0.39, 0.29) is 0 Å². The van der Waals surface area contributed by atoms with Crippen molar-refractivity contribution in [2.75, 3.05) is 0 Å². The van der Waals surface area contributed by atoms with Gasteiger partial charge in [0.15, 0.2) is 0 Å². The summed E-state index contributed by atoms with van der Waals surface area (Å²) in [4.78, 5) is 6.76.